The number of carboxylic acids is 1. The van der Waals surface area contributed by atoms with Crippen LogP contribution < -0.4 is 0 Å². The summed E-state index contributed by atoms with van der Waals surface area (Å²) in [6.07, 6.45) is 43.6. The van der Waals surface area contributed by atoms with Crippen LogP contribution in [0.1, 0.15) is 290 Å². The van der Waals surface area contributed by atoms with Crippen LogP contribution in [0.4, 0.5) is 0 Å². The fourth-order valence-electron chi connectivity index (χ4n) is 8.83. The number of ketones is 1. The van der Waals surface area contributed by atoms with Crippen LogP contribution in [0.3, 0.4) is 0 Å². The Balaban J connectivity index is 5.54. The largest absolute Gasteiger partial charge is 0.479 e. The number of hydrogen-bond acceptors (Lipinski definition) is 7. The zero-order chi connectivity index (χ0) is 46.5. The number of unbranched alkanes of at least 4 members (excludes halogenated alkanes) is 36. The number of nitrogens with zero attached hydrogens (tertiary/aromatic N) is 1. The molecule has 1 unspecified atom stereocenters. The van der Waals surface area contributed by atoms with Crippen LogP contribution in [-0.2, 0) is 19.2 Å². The summed E-state index contributed by atoms with van der Waals surface area (Å²) in [6.45, 7) is 6.23. The fraction of sp³-hybridized carbons (Fsp3) is 0.926. The third kappa shape index (κ3) is 33.6. The number of aliphatic carboxylic acids is 1. The molecule has 0 aromatic rings. The highest BCUT2D eigenvalue weighted by atomic mass is 32.2. The highest BCUT2D eigenvalue weighted by molar-refractivity contribution is 7.99. The van der Waals surface area contributed by atoms with Crippen LogP contribution in [0, 0.1) is 0 Å². The Labute approximate surface area is 393 Å². The molecule has 0 bridgehead atoms. The highest BCUT2D eigenvalue weighted by Crippen LogP contribution is 2.30. The number of rotatable bonds is 50. The van der Waals surface area contributed by atoms with Gasteiger partial charge in [0.1, 0.15) is 0 Å². The van der Waals surface area contributed by atoms with Gasteiger partial charge < -0.3 is 15.3 Å². The summed E-state index contributed by atoms with van der Waals surface area (Å²) >= 11 is 1.01. The van der Waals surface area contributed by atoms with E-state index in [9.17, 15) is 34.5 Å². The summed E-state index contributed by atoms with van der Waals surface area (Å²) in [5.41, 5.74) is -2.35. The van der Waals surface area contributed by atoms with E-state index < -0.39 is 41.8 Å². The highest BCUT2D eigenvalue weighted by Gasteiger charge is 2.54. The molecular formula is C54H103NO7S. The van der Waals surface area contributed by atoms with E-state index in [1.165, 1.54) is 167 Å². The molecule has 0 rings (SSSR count). The predicted molar refractivity (Wildman–Crippen MR) is 269 cm³/mol. The molecule has 0 aromatic carbocycles. The van der Waals surface area contributed by atoms with Gasteiger partial charge in [0.25, 0.3) is 0 Å². The lowest BCUT2D eigenvalue weighted by Crippen LogP contribution is -2.65. The van der Waals surface area contributed by atoms with Crippen LogP contribution in [0.5, 0.6) is 0 Å². The van der Waals surface area contributed by atoms with Gasteiger partial charge in [-0.2, -0.15) is 11.8 Å². The van der Waals surface area contributed by atoms with E-state index in [0.717, 1.165) is 80.9 Å². The number of thioether (sulfide) groups is 1. The standard InChI is InChI=1S/C54H103NO7S/c1-4-7-10-13-16-19-22-25-28-31-34-37-40-43-50(58)54(53(61)62,48-63-47-49(57)46-56)55(51(59)44-41-38-35-32-29-26-23-20-17-14-11-8-5-2)52(60)45-42-39-36-33-30-27-24-21-18-15-12-9-6-3/h49,56-57H,4-48H2,1-3H3,(H,61,62)/t49?,54-/m1/s1. The zero-order valence-corrected chi connectivity index (χ0v) is 42.5. The van der Waals surface area contributed by atoms with E-state index in [2.05, 4.69) is 20.8 Å². The van der Waals surface area contributed by atoms with Crippen LogP contribution in [0.15, 0.2) is 0 Å². The number of amides is 2. The fourth-order valence-corrected chi connectivity index (χ4v) is 10.0. The summed E-state index contributed by atoms with van der Waals surface area (Å²) in [7, 11) is 0. The molecule has 63 heavy (non-hydrogen) atoms. The number of Topliss-reactive ketones (excluding diaryl/α,β-unsaturated/α-hetero) is 1. The Morgan fingerprint density at radius 1 is 0.429 bits per heavy atom. The van der Waals surface area contributed by atoms with Gasteiger partial charge in [0.2, 0.25) is 17.4 Å². The molecule has 0 heterocycles. The Morgan fingerprint density at radius 3 is 0.937 bits per heavy atom. The van der Waals surface area contributed by atoms with Crippen molar-refractivity contribution in [1.82, 2.24) is 4.90 Å². The molecule has 0 saturated heterocycles. The van der Waals surface area contributed by atoms with E-state index in [1.807, 2.05) is 0 Å². The third-order valence-electron chi connectivity index (χ3n) is 13.0. The number of carbonyl (C=O) groups is 4. The number of aliphatic hydroxyl groups excluding tert-OH is 2. The van der Waals surface area contributed by atoms with E-state index in [0.29, 0.717) is 19.3 Å². The summed E-state index contributed by atoms with van der Waals surface area (Å²) in [5.74, 6) is -3.60. The van der Waals surface area contributed by atoms with Crippen LogP contribution in [0.2, 0.25) is 0 Å². The molecule has 2 atom stereocenters. The maximum absolute atomic E-state index is 14.3. The van der Waals surface area contributed by atoms with Crippen molar-refractivity contribution < 1.29 is 34.5 Å². The molecular weight excluding hydrogens is 807 g/mol. The van der Waals surface area contributed by atoms with Gasteiger partial charge in [0.05, 0.1) is 12.7 Å². The van der Waals surface area contributed by atoms with Crippen molar-refractivity contribution in [3.8, 4) is 0 Å². The van der Waals surface area contributed by atoms with Gasteiger partial charge in [-0.05, 0) is 19.3 Å². The first-order valence-electron chi connectivity index (χ1n) is 27.2. The summed E-state index contributed by atoms with van der Waals surface area (Å²) in [4.78, 5) is 57.1. The average Bonchev–Trinajstić information content (AvgIpc) is 3.27. The van der Waals surface area contributed by atoms with Crippen molar-refractivity contribution in [1.29, 1.82) is 0 Å². The minimum Gasteiger partial charge on any atom is -0.479 e. The van der Waals surface area contributed by atoms with E-state index in [-0.39, 0.29) is 30.8 Å². The molecule has 0 aliphatic heterocycles. The van der Waals surface area contributed by atoms with Gasteiger partial charge in [-0.3, -0.25) is 19.3 Å². The summed E-state index contributed by atoms with van der Waals surface area (Å²) in [6, 6.07) is 0. The molecule has 0 aromatic heterocycles. The number of carboxylic acid groups (broad SMARTS) is 1. The number of imide groups is 1. The molecule has 0 saturated carbocycles. The SMILES string of the molecule is CCCCCCCCCCCCCCCC(=O)N(C(=O)CCCCCCCCCCCCCCC)[C@@](CSCC(O)CO)(C(=O)O)C(=O)CCCCCCCCCCCCCCC. The molecule has 372 valence electrons. The average molecular weight is 910 g/mol. The first-order chi connectivity index (χ1) is 30.7. The molecule has 0 radical (unpaired) electrons. The van der Waals surface area contributed by atoms with Gasteiger partial charge in [-0.15, -0.1) is 0 Å². The maximum atomic E-state index is 14.3. The van der Waals surface area contributed by atoms with Gasteiger partial charge in [0.15, 0.2) is 5.78 Å². The lowest BCUT2D eigenvalue weighted by Gasteiger charge is -2.38. The second-order valence-electron chi connectivity index (χ2n) is 19.0. The molecule has 0 spiro atoms. The molecule has 9 heteroatoms. The Hall–Kier alpha value is -1.45. The topological polar surface area (TPSA) is 132 Å². The van der Waals surface area contributed by atoms with Gasteiger partial charge in [-0.1, -0.05) is 252 Å². The third-order valence-corrected chi connectivity index (χ3v) is 14.3. The molecule has 0 aliphatic carbocycles. The van der Waals surface area contributed by atoms with Crippen molar-refractivity contribution in [2.24, 2.45) is 0 Å². The minimum absolute atomic E-state index is 0.00845. The first-order valence-corrected chi connectivity index (χ1v) is 28.4. The number of hydrogen-bond donors (Lipinski definition) is 3. The number of aliphatic hydroxyl groups is 2. The molecule has 3 N–H and O–H groups in total. The van der Waals surface area contributed by atoms with Crippen molar-refractivity contribution in [3.05, 3.63) is 0 Å². The number of carbonyl (C=O) groups excluding carboxylic acids is 3. The van der Waals surface area contributed by atoms with Crippen molar-refractivity contribution in [2.75, 3.05) is 18.1 Å². The van der Waals surface area contributed by atoms with Crippen molar-refractivity contribution in [2.45, 2.75) is 302 Å². The van der Waals surface area contributed by atoms with Crippen molar-refractivity contribution >= 4 is 35.3 Å². The smallest absolute Gasteiger partial charge is 0.338 e. The van der Waals surface area contributed by atoms with E-state index in [4.69, 9.17) is 0 Å². The molecule has 8 nitrogen and oxygen atoms in total. The van der Waals surface area contributed by atoms with E-state index in [1.54, 1.807) is 0 Å². The van der Waals surface area contributed by atoms with Gasteiger partial charge in [0, 0.05) is 30.8 Å². The van der Waals surface area contributed by atoms with Gasteiger partial charge >= 0.3 is 5.97 Å². The zero-order valence-electron chi connectivity index (χ0n) is 41.7. The van der Waals surface area contributed by atoms with Crippen molar-refractivity contribution in [3.63, 3.8) is 0 Å². The lowest BCUT2D eigenvalue weighted by molar-refractivity contribution is -0.169. The Kier molecular flexibility index (Phi) is 44.6. The normalized spacial score (nSPS) is 13.0. The molecule has 2 amide bonds. The summed E-state index contributed by atoms with van der Waals surface area (Å²) in [5, 5.41) is 30.6. The molecule has 0 aliphatic rings. The summed E-state index contributed by atoms with van der Waals surface area (Å²) < 4.78 is 0. The molecule has 0 fully saturated rings. The lowest BCUT2D eigenvalue weighted by atomic mass is 9.88. The second kappa shape index (κ2) is 45.7. The Bertz CT molecular complexity index is 1030. The van der Waals surface area contributed by atoms with Gasteiger partial charge in [-0.25, -0.2) is 4.79 Å². The maximum Gasteiger partial charge on any atom is 0.338 e. The van der Waals surface area contributed by atoms with Crippen LogP contribution in [0.25, 0.3) is 0 Å². The minimum atomic E-state index is -2.35. The Morgan fingerprint density at radius 2 is 0.683 bits per heavy atom. The van der Waals surface area contributed by atoms with E-state index >= 15 is 0 Å². The second-order valence-corrected chi connectivity index (χ2v) is 20.1. The first kappa shape index (κ1) is 61.5. The monoisotopic (exact) mass is 910 g/mol. The quantitative estimate of drug-likeness (QED) is 0.0406. The van der Waals surface area contributed by atoms with Crippen LogP contribution in [-0.4, -0.2) is 73.5 Å². The predicted octanol–water partition coefficient (Wildman–Crippen LogP) is 15.3. The van der Waals surface area contributed by atoms with Crippen LogP contribution >= 0.6 is 11.8 Å².